The molecule has 0 aliphatic heterocycles. The maximum atomic E-state index is 13.0. The van der Waals surface area contributed by atoms with Crippen LogP contribution in [0.3, 0.4) is 0 Å². The van der Waals surface area contributed by atoms with Crippen LogP contribution in [0, 0.1) is 5.82 Å². The second kappa shape index (κ2) is 10.4. The molecule has 5 nitrogen and oxygen atoms in total. The monoisotopic (exact) mass is 396 g/mol. The van der Waals surface area contributed by atoms with Crippen molar-refractivity contribution >= 4 is 11.8 Å². The third-order valence-electron chi connectivity index (χ3n) is 4.52. The summed E-state index contributed by atoms with van der Waals surface area (Å²) in [6.45, 7) is 2.88. The molecule has 0 unspecified atom stereocenters. The van der Waals surface area contributed by atoms with Crippen LogP contribution < -0.4 is 10.1 Å². The number of benzene rings is 2. The van der Waals surface area contributed by atoms with Gasteiger partial charge in [-0.1, -0.05) is 37.8 Å². The van der Waals surface area contributed by atoms with Gasteiger partial charge in [0, 0.05) is 17.2 Å². The van der Waals surface area contributed by atoms with E-state index in [1.807, 2.05) is 0 Å². The fraction of sp³-hybridized carbons (Fsp3) is 0.304. The molecule has 0 aliphatic carbocycles. The van der Waals surface area contributed by atoms with Crippen LogP contribution in [-0.4, -0.2) is 17.7 Å². The highest BCUT2D eigenvalue weighted by Gasteiger charge is 2.11. The van der Waals surface area contributed by atoms with Gasteiger partial charge in [0.15, 0.2) is 0 Å². The van der Waals surface area contributed by atoms with Gasteiger partial charge in [0.25, 0.3) is 5.91 Å². The third kappa shape index (κ3) is 6.17. The van der Waals surface area contributed by atoms with Crippen LogP contribution in [0.2, 0.25) is 0 Å². The van der Waals surface area contributed by atoms with Gasteiger partial charge in [-0.15, -0.1) is 0 Å². The van der Waals surface area contributed by atoms with Gasteiger partial charge in [0.2, 0.25) is 5.88 Å². The first-order valence-electron chi connectivity index (χ1n) is 9.92. The Bertz CT molecular complexity index is 905. The molecule has 0 radical (unpaired) electrons. The zero-order valence-corrected chi connectivity index (χ0v) is 16.5. The summed E-state index contributed by atoms with van der Waals surface area (Å²) in [4.78, 5) is 12.4. The lowest BCUT2D eigenvalue weighted by molar-refractivity contribution is 0.102. The average Bonchev–Trinajstić information content (AvgIpc) is 3.20. The van der Waals surface area contributed by atoms with E-state index in [4.69, 9.17) is 9.26 Å². The number of amides is 1. The number of hydrogen-bond donors (Lipinski definition) is 1. The number of ether oxygens (including phenoxy) is 1. The molecule has 6 heteroatoms. The molecule has 0 fully saturated rings. The minimum Gasteiger partial charge on any atom is -0.494 e. The standard InChI is InChI=1S/C23H25FN2O3/c1-2-3-4-5-6-15-28-20-13-9-18(10-14-20)23(27)25-22-16-21(26-29-22)17-7-11-19(24)12-8-17/h7-14,16H,2-6,15H2,1H3,(H,25,27). The quantitative estimate of drug-likeness (QED) is 0.422. The molecular weight excluding hydrogens is 371 g/mol. The van der Waals surface area contributed by atoms with Crippen molar-refractivity contribution in [1.29, 1.82) is 0 Å². The maximum Gasteiger partial charge on any atom is 0.258 e. The Hall–Kier alpha value is -3.15. The summed E-state index contributed by atoms with van der Waals surface area (Å²) in [5.74, 6) is 0.338. The number of hydrogen-bond acceptors (Lipinski definition) is 4. The van der Waals surface area contributed by atoms with Crippen molar-refractivity contribution in [2.24, 2.45) is 0 Å². The van der Waals surface area contributed by atoms with E-state index in [1.165, 1.54) is 37.8 Å². The first-order chi connectivity index (χ1) is 14.2. The SMILES string of the molecule is CCCCCCCOc1ccc(C(=O)Nc2cc(-c3ccc(F)cc3)no2)cc1. The van der Waals surface area contributed by atoms with E-state index in [1.54, 1.807) is 42.5 Å². The molecule has 2 aromatic carbocycles. The molecule has 1 heterocycles. The van der Waals surface area contributed by atoms with Crippen molar-refractivity contribution in [3.05, 3.63) is 66.0 Å². The van der Waals surface area contributed by atoms with Gasteiger partial charge in [0.05, 0.1) is 6.61 Å². The Kier molecular flexibility index (Phi) is 7.39. The number of unbranched alkanes of at least 4 members (excludes halogenated alkanes) is 4. The Morgan fingerprint density at radius 1 is 1.03 bits per heavy atom. The Morgan fingerprint density at radius 3 is 2.48 bits per heavy atom. The number of rotatable bonds is 10. The molecule has 0 aliphatic rings. The summed E-state index contributed by atoms with van der Waals surface area (Å²) in [5.41, 5.74) is 1.70. The minimum atomic E-state index is -0.324. The molecule has 3 aromatic rings. The van der Waals surface area contributed by atoms with Crippen LogP contribution in [0.4, 0.5) is 10.3 Å². The molecule has 0 saturated carbocycles. The van der Waals surface area contributed by atoms with Gasteiger partial charge in [-0.3, -0.25) is 10.1 Å². The van der Waals surface area contributed by atoms with Gasteiger partial charge in [-0.2, -0.15) is 0 Å². The first-order valence-corrected chi connectivity index (χ1v) is 9.92. The summed E-state index contributed by atoms with van der Waals surface area (Å²) in [7, 11) is 0. The fourth-order valence-electron chi connectivity index (χ4n) is 2.87. The zero-order valence-electron chi connectivity index (χ0n) is 16.5. The first kappa shape index (κ1) is 20.6. The van der Waals surface area contributed by atoms with Crippen LogP contribution >= 0.6 is 0 Å². The predicted octanol–water partition coefficient (Wildman–Crippen LogP) is 6.08. The molecule has 3 rings (SSSR count). The second-order valence-electron chi connectivity index (χ2n) is 6.82. The molecule has 1 aromatic heterocycles. The molecule has 0 saturated heterocycles. The highest BCUT2D eigenvalue weighted by atomic mass is 19.1. The Labute approximate surface area is 169 Å². The lowest BCUT2D eigenvalue weighted by atomic mass is 10.1. The van der Waals surface area contributed by atoms with Crippen molar-refractivity contribution in [1.82, 2.24) is 5.16 Å². The molecule has 1 amide bonds. The molecule has 1 N–H and O–H groups in total. The largest absolute Gasteiger partial charge is 0.494 e. The van der Waals surface area contributed by atoms with E-state index in [-0.39, 0.29) is 17.6 Å². The van der Waals surface area contributed by atoms with E-state index in [0.29, 0.717) is 23.4 Å². The van der Waals surface area contributed by atoms with Gasteiger partial charge >= 0.3 is 0 Å². The lowest BCUT2D eigenvalue weighted by Crippen LogP contribution is -2.11. The zero-order chi connectivity index (χ0) is 20.5. The third-order valence-corrected chi connectivity index (χ3v) is 4.52. The fourth-order valence-corrected chi connectivity index (χ4v) is 2.87. The average molecular weight is 396 g/mol. The summed E-state index contributed by atoms with van der Waals surface area (Å²) < 4.78 is 23.9. The van der Waals surface area contributed by atoms with Crippen LogP contribution in [0.1, 0.15) is 49.4 Å². The minimum absolute atomic E-state index is 0.224. The van der Waals surface area contributed by atoms with Crippen molar-refractivity contribution in [3.8, 4) is 17.0 Å². The van der Waals surface area contributed by atoms with Gasteiger partial charge in [-0.05, 0) is 55.0 Å². The van der Waals surface area contributed by atoms with Crippen molar-refractivity contribution in [2.45, 2.75) is 39.0 Å². The second-order valence-corrected chi connectivity index (χ2v) is 6.82. The molecule has 0 atom stereocenters. The predicted molar refractivity (Wildman–Crippen MR) is 111 cm³/mol. The summed E-state index contributed by atoms with van der Waals surface area (Å²) in [6, 6.07) is 14.5. The number of carbonyl (C=O) groups is 1. The van der Waals surface area contributed by atoms with Gasteiger partial charge < -0.3 is 9.26 Å². The summed E-state index contributed by atoms with van der Waals surface area (Å²) >= 11 is 0. The topological polar surface area (TPSA) is 64.4 Å². The normalized spacial score (nSPS) is 10.7. The van der Waals surface area contributed by atoms with E-state index in [0.717, 1.165) is 12.2 Å². The summed E-state index contributed by atoms with van der Waals surface area (Å²) in [6.07, 6.45) is 5.94. The smallest absolute Gasteiger partial charge is 0.258 e. The van der Waals surface area contributed by atoms with Crippen LogP contribution in [0.25, 0.3) is 11.3 Å². The molecule has 152 valence electrons. The highest BCUT2D eigenvalue weighted by molar-refractivity contribution is 6.03. The molecule has 0 bridgehead atoms. The Morgan fingerprint density at radius 2 is 1.76 bits per heavy atom. The van der Waals surface area contributed by atoms with Crippen molar-refractivity contribution in [2.75, 3.05) is 11.9 Å². The van der Waals surface area contributed by atoms with E-state index in [9.17, 15) is 9.18 Å². The lowest BCUT2D eigenvalue weighted by Gasteiger charge is -2.07. The maximum absolute atomic E-state index is 13.0. The van der Waals surface area contributed by atoms with E-state index < -0.39 is 0 Å². The highest BCUT2D eigenvalue weighted by Crippen LogP contribution is 2.22. The van der Waals surface area contributed by atoms with Crippen LogP contribution in [0.5, 0.6) is 5.75 Å². The van der Waals surface area contributed by atoms with E-state index in [2.05, 4.69) is 17.4 Å². The molecule has 29 heavy (non-hydrogen) atoms. The number of aromatic nitrogens is 1. The van der Waals surface area contributed by atoms with Crippen LogP contribution in [-0.2, 0) is 0 Å². The Balaban J connectivity index is 1.50. The number of anilines is 1. The van der Waals surface area contributed by atoms with Crippen LogP contribution in [0.15, 0.2) is 59.1 Å². The molecular formula is C23H25FN2O3. The van der Waals surface area contributed by atoms with Crippen molar-refractivity contribution in [3.63, 3.8) is 0 Å². The van der Waals surface area contributed by atoms with Gasteiger partial charge in [0.1, 0.15) is 17.3 Å². The molecule has 0 spiro atoms. The number of carbonyl (C=O) groups excluding carboxylic acids is 1. The van der Waals surface area contributed by atoms with Gasteiger partial charge in [-0.25, -0.2) is 4.39 Å². The summed E-state index contributed by atoms with van der Waals surface area (Å²) in [5, 5.41) is 6.57. The van der Waals surface area contributed by atoms with Crippen molar-refractivity contribution < 1.29 is 18.4 Å². The number of nitrogens with zero attached hydrogens (tertiary/aromatic N) is 1. The number of nitrogens with one attached hydrogen (secondary N) is 1. The number of halogens is 1. The van der Waals surface area contributed by atoms with E-state index >= 15 is 0 Å².